The fourth-order valence-corrected chi connectivity index (χ4v) is 1.46. The van der Waals surface area contributed by atoms with Gasteiger partial charge in [0, 0.05) is 14.1 Å². The number of esters is 1. The van der Waals surface area contributed by atoms with Gasteiger partial charge in [-0.05, 0) is 18.2 Å². The second-order valence-corrected chi connectivity index (χ2v) is 3.46. The summed E-state index contributed by atoms with van der Waals surface area (Å²) in [6.07, 6.45) is 0. The summed E-state index contributed by atoms with van der Waals surface area (Å²) in [4.78, 5) is 13.0. The number of hydrogen-bond acceptors (Lipinski definition) is 3. The van der Waals surface area contributed by atoms with Gasteiger partial charge in [0.15, 0.2) is 0 Å². The Bertz CT molecular complexity index is 350. The van der Waals surface area contributed by atoms with Crippen molar-refractivity contribution < 1.29 is 9.53 Å². The maximum absolute atomic E-state index is 11.2. The zero-order chi connectivity index (χ0) is 10.7. The number of ether oxygens (including phenoxy) is 1. The normalized spacial score (nSPS) is 9.71. The fraction of sp³-hybridized carbons (Fsp3) is 0.300. The maximum Gasteiger partial charge on any atom is 0.337 e. The standard InChI is InChI=1S/C10H12ClNO2/c1-12(2)9-5-4-7(6-8(9)11)10(13)14-3/h4-6H,1-3H3. The quantitative estimate of drug-likeness (QED) is 0.706. The third-order valence-electron chi connectivity index (χ3n) is 1.85. The Morgan fingerprint density at radius 2 is 2.07 bits per heavy atom. The van der Waals surface area contributed by atoms with Crippen LogP contribution >= 0.6 is 11.6 Å². The van der Waals surface area contributed by atoms with E-state index in [0.717, 1.165) is 5.69 Å². The van der Waals surface area contributed by atoms with Gasteiger partial charge in [-0.25, -0.2) is 4.79 Å². The van der Waals surface area contributed by atoms with Crippen LogP contribution < -0.4 is 4.90 Å². The van der Waals surface area contributed by atoms with Gasteiger partial charge >= 0.3 is 5.97 Å². The van der Waals surface area contributed by atoms with Crippen LogP contribution in [0.3, 0.4) is 0 Å². The Hall–Kier alpha value is -1.22. The van der Waals surface area contributed by atoms with E-state index in [9.17, 15) is 4.79 Å². The summed E-state index contributed by atoms with van der Waals surface area (Å²) in [5.41, 5.74) is 1.34. The molecule has 0 saturated carbocycles. The minimum Gasteiger partial charge on any atom is -0.465 e. The van der Waals surface area contributed by atoms with Crippen molar-refractivity contribution in [2.75, 3.05) is 26.1 Å². The molecule has 0 aromatic heterocycles. The van der Waals surface area contributed by atoms with Gasteiger partial charge in [0.05, 0.1) is 23.4 Å². The van der Waals surface area contributed by atoms with Crippen LogP contribution in [0.15, 0.2) is 18.2 Å². The molecule has 4 heteroatoms. The number of carbonyl (C=O) groups excluding carboxylic acids is 1. The monoisotopic (exact) mass is 213 g/mol. The van der Waals surface area contributed by atoms with Crippen molar-refractivity contribution in [2.45, 2.75) is 0 Å². The summed E-state index contributed by atoms with van der Waals surface area (Å²) in [5, 5.41) is 0.540. The Labute approximate surface area is 88.2 Å². The van der Waals surface area contributed by atoms with Crippen molar-refractivity contribution >= 4 is 23.3 Å². The number of rotatable bonds is 2. The number of nitrogens with zero attached hydrogens (tertiary/aromatic N) is 1. The minimum atomic E-state index is -0.378. The first kappa shape index (κ1) is 10.9. The number of halogens is 1. The Kier molecular flexibility index (Phi) is 3.36. The first-order valence-corrected chi connectivity index (χ1v) is 4.49. The highest BCUT2D eigenvalue weighted by molar-refractivity contribution is 6.33. The Morgan fingerprint density at radius 3 is 2.50 bits per heavy atom. The second-order valence-electron chi connectivity index (χ2n) is 3.05. The van der Waals surface area contributed by atoms with Crippen LogP contribution in [0.25, 0.3) is 0 Å². The smallest absolute Gasteiger partial charge is 0.337 e. The van der Waals surface area contributed by atoms with Crippen LogP contribution in [-0.4, -0.2) is 27.2 Å². The molecule has 14 heavy (non-hydrogen) atoms. The van der Waals surface area contributed by atoms with Crippen LogP contribution in [-0.2, 0) is 4.74 Å². The molecule has 0 fully saturated rings. The fourth-order valence-electron chi connectivity index (χ4n) is 1.11. The number of benzene rings is 1. The van der Waals surface area contributed by atoms with E-state index in [1.54, 1.807) is 18.2 Å². The first-order valence-electron chi connectivity index (χ1n) is 4.11. The van der Waals surface area contributed by atoms with Gasteiger partial charge in [0.25, 0.3) is 0 Å². The van der Waals surface area contributed by atoms with Gasteiger partial charge in [-0.3, -0.25) is 0 Å². The lowest BCUT2D eigenvalue weighted by Crippen LogP contribution is -2.10. The van der Waals surface area contributed by atoms with E-state index < -0.39 is 0 Å². The van der Waals surface area contributed by atoms with Crippen molar-refractivity contribution in [3.63, 3.8) is 0 Å². The van der Waals surface area contributed by atoms with E-state index in [1.807, 2.05) is 19.0 Å². The second kappa shape index (κ2) is 4.33. The van der Waals surface area contributed by atoms with E-state index in [1.165, 1.54) is 7.11 Å². The van der Waals surface area contributed by atoms with E-state index in [0.29, 0.717) is 10.6 Å². The van der Waals surface area contributed by atoms with Gasteiger partial charge in [-0.2, -0.15) is 0 Å². The molecule has 0 aliphatic heterocycles. The highest BCUT2D eigenvalue weighted by Crippen LogP contribution is 2.25. The number of methoxy groups -OCH3 is 1. The molecule has 0 N–H and O–H groups in total. The summed E-state index contributed by atoms with van der Waals surface area (Å²) < 4.78 is 4.58. The van der Waals surface area contributed by atoms with Crippen LogP contribution in [0.5, 0.6) is 0 Å². The predicted octanol–water partition coefficient (Wildman–Crippen LogP) is 2.19. The molecule has 3 nitrogen and oxygen atoms in total. The van der Waals surface area contributed by atoms with Crippen LogP contribution in [0.1, 0.15) is 10.4 Å². The average molecular weight is 214 g/mol. The SMILES string of the molecule is COC(=O)c1ccc(N(C)C)c(Cl)c1. The highest BCUT2D eigenvalue weighted by atomic mass is 35.5. The molecule has 1 rings (SSSR count). The summed E-state index contributed by atoms with van der Waals surface area (Å²) in [6, 6.07) is 5.07. The van der Waals surface area contributed by atoms with E-state index in [4.69, 9.17) is 11.6 Å². The summed E-state index contributed by atoms with van der Waals surface area (Å²) in [5.74, 6) is -0.378. The van der Waals surface area contributed by atoms with E-state index in [-0.39, 0.29) is 5.97 Å². The Morgan fingerprint density at radius 1 is 1.43 bits per heavy atom. The zero-order valence-corrected chi connectivity index (χ0v) is 9.13. The lowest BCUT2D eigenvalue weighted by molar-refractivity contribution is 0.0601. The number of anilines is 1. The van der Waals surface area contributed by atoms with Crippen molar-refractivity contribution in [2.24, 2.45) is 0 Å². The highest BCUT2D eigenvalue weighted by Gasteiger charge is 2.09. The summed E-state index contributed by atoms with van der Waals surface area (Å²) in [7, 11) is 5.12. The molecule has 0 unspecified atom stereocenters. The summed E-state index contributed by atoms with van der Waals surface area (Å²) >= 11 is 5.98. The molecule has 0 amide bonds. The van der Waals surface area contributed by atoms with Crippen molar-refractivity contribution in [1.82, 2.24) is 0 Å². The molecule has 76 valence electrons. The molecular weight excluding hydrogens is 202 g/mol. The maximum atomic E-state index is 11.2. The predicted molar refractivity (Wildman–Crippen MR) is 57.1 cm³/mol. The van der Waals surface area contributed by atoms with E-state index >= 15 is 0 Å². The summed E-state index contributed by atoms with van der Waals surface area (Å²) in [6.45, 7) is 0. The molecule has 0 heterocycles. The molecule has 0 atom stereocenters. The third-order valence-corrected chi connectivity index (χ3v) is 2.15. The third kappa shape index (κ3) is 2.17. The lowest BCUT2D eigenvalue weighted by atomic mass is 10.2. The minimum absolute atomic E-state index is 0.378. The first-order chi connectivity index (χ1) is 6.56. The molecular formula is C10H12ClNO2. The molecule has 1 aromatic carbocycles. The van der Waals surface area contributed by atoms with Gasteiger partial charge < -0.3 is 9.64 Å². The van der Waals surface area contributed by atoms with Crippen molar-refractivity contribution in [3.05, 3.63) is 28.8 Å². The molecule has 1 aromatic rings. The average Bonchev–Trinajstić information content (AvgIpc) is 2.15. The molecule has 0 aliphatic carbocycles. The molecule has 0 saturated heterocycles. The van der Waals surface area contributed by atoms with Crippen molar-refractivity contribution in [1.29, 1.82) is 0 Å². The number of hydrogen-bond donors (Lipinski definition) is 0. The van der Waals surface area contributed by atoms with Gasteiger partial charge in [-0.15, -0.1) is 0 Å². The molecule has 0 aliphatic rings. The molecule has 0 radical (unpaired) electrons. The van der Waals surface area contributed by atoms with Gasteiger partial charge in [0.1, 0.15) is 0 Å². The van der Waals surface area contributed by atoms with Gasteiger partial charge in [-0.1, -0.05) is 11.6 Å². The topological polar surface area (TPSA) is 29.5 Å². The Balaban J connectivity index is 3.06. The lowest BCUT2D eigenvalue weighted by Gasteiger charge is -2.14. The van der Waals surface area contributed by atoms with E-state index in [2.05, 4.69) is 4.74 Å². The molecule has 0 bridgehead atoms. The largest absolute Gasteiger partial charge is 0.465 e. The zero-order valence-electron chi connectivity index (χ0n) is 8.37. The number of carbonyl (C=O) groups is 1. The van der Waals surface area contributed by atoms with Crippen LogP contribution in [0.2, 0.25) is 5.02 Å². The van der Waals surface area contributed by atoms with Crippen LogP contribution in [0, 0.1) is 0 Å². The van der Waals surface area contributed by atoms with Crippen molar-refractivity contribution in [3.8, 4) is 0 Å². The van der Waals surface area contributed by atoms with Gasteiger partial charge in [0.2, 0.25) is 0 Å². The van der Waals surface area contributed by atoms with Crippen LogP contribution in [0.4, 0.5) is 5.69 Å². The molecule has 0 spiro atoms.